The van der Waals surface area contributed by atoms with Crippen LogP contribution in [0.25, 0.3) is 0 Å². The molecule has 3 rings (SSSR count). The van der Waals surface area contributed by atoms with Gasteiger partial charge >= 0.3 is 5.69 Å². The number of nitrogens with zero attached hydrogens (tertiary/aromatic N) is 4. The summed E-state index contributed by atoms with van der Waals surface area (Å²) in [5.41, 5.74) is 4.75. The van der Waals surface area contributed by atoms with E-state index in [0.29, 0.717) is 51.5 Å². The van der Waals surface area contributed by atoms with E-state index >= 15 is 0 Å². The van der Waals surface area contributed by atoms with Crippen molar-refractivity contribution in [3.63, 3.8) is 0 Å². The number of hydrazone groups is 1. The van der Waals surface area contributed by atoms with E-state index in [2.05, 4.69) is 15.6 Å². The van der Waals surface area contributed by atoms with E-state index in [1.165, 1.54) is 6.21 Å². The lowest BCUT2D eigenvalue weighted by Gasteiger charge is -2.10. The fourth-order valence-electron chi connectivity index (χ4n) is 3.51. The second-order valence-corrected chi connectivity index (χ2v) is 8.67. The molecule has 1 heterocycles. The van der Waals surface area contributed by atoms with Gasteiger partial charge in [-0.15, -0.1) is 0 Å². The summed E-state index contributed by atoms with van der Waals surface area (Å²) in [5, 5.41) is 20.5. The first-order valence-electron chi connectivity index (χ1n) is 10.9. The van der Waals surface area contributed by atoms with Crippen LogP contribution >= 0.6 is 23.2 Å². The van der Waals surface area contributed by atoms with Gasteiger partial charge in [0, 0.05) is 17.0 Å². The average Bonchev–Trinajstić information content (AvgIpc) is 3.10. The lowest BCUT2D eigenvalue weighted by molar-refractivity contribution is -0.386. The van der Waals surface area contributed by atoms with Crippen LogP contribution in [0.15, 0.2) is 41.5 Å². The lowest BCUT2D eigenvalue weighted by Crippen LogP contribution is -2.18. The summed E-state index contributed by atoms with van der Waals surface area (Å²) in [4.78, 5) is 22.9. The molecule has 0 saturated heterocycles. The zero-order valence-electron chi connectivity index (χ0n) is 20.0. The molecule has 0 atom stereocenters. The third-order valence-electron chi connectivity index (χ3n) is 5.25. The van der Waals surface area contributed by atoms with E-state index in [-0.39, 0.29) is 24.6 Å². The van der Waals surface area contributed by atoms with Gasteiger partial charge < -0.3 is 9.47 Å². The topological polar surface area (TPSA) is 121 Å². The number of benzene rings is 2. The van der Waals surface area contributed by atoms with Gasteiger partial charge in [0.05, 0.1) is 36.4 Å². The molecule has 0 unspecified atom stereocenters. The fraction of sp³-hybridized carbons (Fsp3) is 0.292. The van der Waals surface area contributed by atoms with Crippen molar-refractivity contribution in [2.75, 3.05) is 13.7 Å². The van der Waals surface area contributed by atoms with Gasteiger partial charge in [-0.05, 0) is 62.2 Å². The summed E-state index contributed by atoms with van der Waals surface area (Å²) in [6, 6.07) is 10.3. The van der Waals surface area contributed by atoms with Gasteiger partial charge in [-0.1, -0.05) is 23.2 Å². The Hall–Kier alpha value is -3.63. The van der Waals surface area contributed by atoms with Crippen LogP contribution in [0.1, 0.15) is 35.4 Å². The normalized spacial score (nSPS) is 11.0. The number of rotatable bonds is 11. The van der Waals surface area contributed by atoms with Crippen LogP contribution in [0.4, 0.5) is 5.69 Å². The van der Waals surface area contributed by atoms with Crippen LogP contribution in [0.2, 0.25) is 10.0 Å². The monoisotopic (exact) mass is 533 g/mol. The van der Waals surface area contributed by atoms with E-state index in [0.717, 1.165) is 5.56 Å². The maximum Gasteiger partial charge on any atom is 0.312 e. The van der Waals surface area contributed by atoms with E-state index in [9.17, 15) is 14.9 Å². The van der Waals surface area contributed by atoms with Crippen LogP contribution in [0, 0.1) is 24.0 Å². The lowest BCUT2D eigenvalue weighted by atomic mass is 10.1. The summed E-state index contributed by atoms with van der Waals surface area (Å²) >= 11 is 11.9. The molecule has 1 aromatic heterocycles. The van der Waals surface area contributed by atoms with Crippen molar-refractivity contribution in [2.45, 2.75) is 33.2 Å². The van der Waals surface area contributed by atoms with Gasteiger partial charge in [-0.3, -0.25) is 19.6 Å². The zero-order valence-corrected chi connectivity index (χ0v) is 21.5. The second kappa shape index (κ2) is 12.4. The first kappa shape index (κ1) is 27.0. The van der Waals surface area contributed by atoms with Crippen molar-refractivity contribution in [3.05, 3.63) is 79.1 Å². The molecule has 0 bridgehead atoms. The number of carbonyl (C=O) groups is 1. The van der Waals surface area contributed by atoms with Crippen LogP contribution in [0.3, 0.4) is 0 Å². The van der Waals surface area contributed by atoms with Crippen molar-refractivity contribution >= 4 is 41.0 Å². The minimum atomic E-state index is -0.434. The number of aromatic nitrogens is 2. The maximum absolute atomic E-state index is 12.1. The van der Waals surface area contributed by atoms with Crippen molar-refractivity contribution < 1.29 is 19.2 Å². The van der Waals surface area contributed by atoms with Crippen molar-refractivity contribution in [1.29, 1.82) is 0 Å². The number of hydrogen-bond acceptors (Lipinski definition) is 7. The highest BCUT2D eigenvalue weighted by atomic mass is 35.5. The SMILES string of the molecule is COc1ccc(C=NNC(=O)CCCOc2ccc(Cl)cc2Cl)cc1Cn1nc(C)c([N+](=O)[O-])c1C. The number of halogens is 2. The molecule has 10 nitrogen and oxygen atoms in total. The largest absolute Gasteiger partial charge is 0.496 e. The third-order valence-corrected chi connectivity index (χ3v) is 5.78. The van der Waals surface area contributed by atoms with Crippen LogP contribution in [0.5, 0.6) is 11.5 Å². The van der Waals surface area contributed by atoms with Gasteiger partial charge in [0.25, 0.3) is 0 Å². The molecule has 190 valence electrons. The Morgan fingerprint density at radius 3 is 2.64 bits per heavy atom. The zero-order chi connectivity index (χ0) is 26.2. The van der Waals surface area contributed by atoms with Gasteiger partial charge in [0.2, 0.25) is 5.91 Å². The first-order chi connectivity index (χ1) is 17.2. The Kier molecular flexibility index (Phi) is 9.26. The Labute approximate surface area is 218 Å². The minimum absolute atomic E-state index is 0.00365. The number of nitrogens with one attached hydrogen (secondary N) is 1. The molecular formula is C24H25Cl2N5O5. The van der Waals surface area contributed by atoms with E-state index in [1.54, 1.807) is 56.0 Å². The fourth-order valence-corrected chi connectivity index (χ4v) is 3.97. The van der Waals surface area contributed by atoms with Crippen LogP contribution in [-0.2, 0) is 11.3 Å². The molecule has 1 N–H and O–H groups in total. The van der Waals surface area contributed by atoms with Crippen LogP contribution in [-0.4, -0.2) is 40.5 Å². The van der Waals surface area contributed by atoms with E-state index < -0.39 is 4.92 Å². The molecule has 0 radical (unpaired) electrons. The Morgan fingerprint density at radius 1 is 1.22 bits per heavy atom. The maximum atomic E-state index is 12.1. The number of aryl methyl sites for hydroxylation is 1. The van der Waals surface area contributed by atoms with Gasteiger partial charge in [-0.2, -0.15) is 10.2 Å². The molecule has 0 saturated carbocycles. The number of ether oxygens (including phenoxy) is 2. The summed E-state index contributed by atoms with van der Waals surface area (Å²) in [7, 11) is 1.54. The third kappa shape index (κ3) is 6.96. The summed E-state index contributed by atoms with van der Waals surface area (Å²) in [6.45, 7) is 3.84. The smallest absolute Gasteiger partial charge is 0.312 e. The number of hydrogen-bond donors (Lipinski definition) is 1. The van der Waals surface area contributed by atoms with Crippen molar-refractivity contribution in [1.82, 2.24) is 15.2 Å². The van der Waals surface area contributed by atoms with Crippen molar-refractivity contribution in [3.8, 4) is 11.5 Å². The standard InChI is InChI=1S/C24H25Cl2N5O5/c1-15-24(31(33)34)16(2)30(29-15)14-18-11-17(6-8-21(18)35-3)13-27-28-23(32)5-4-10-36-22-9-7-19(25)12-20(22)26/h6-9,11-13H,4-5,10,14H2,1-3H3,(H,28,32). The Balaban J connectivity index is 1.55. The van der Waals surface area contributed by atoms with Gasteiger partial charge in [0.15, 0.2) is 0 Å². The second-order valence-electron chi connectivity index (χ2n) is 7.83. The Morgan fingerprint density at radius 2 is 1.97 bits per heavy atom. The average molecular weight is 534 g/mol. The molecule has 0 fully saturated rings. The van der Waals surface area contributed by atoms with E-state index in [4.69, 9.17) is 32.7 Å². The summed E-state index contributed by atoms with van der Waals surface area (Å²) in [5.74, 6) is 0.845. The molecule has 36 heavy (non-hydrogen) atoms. The number of carbonyl (C=O) groups excluding carboxylic acids is 1. The predicted octanol–water partition coefficient (Wildman–Crippen LogP) is 5.08. The first-order valence-corrected chi connectivity index (χ1v) is 11.7. The molecule has 0 aliphatic heterocycles. The summed E-state index contributed by atoms with van der Waals surface area (Å²) < 4.78 is 12.6. The molecule has 0 aliphatic rings. The molecular weight excluding hydrogens is 509 g/mol. The minimum Gasteiger partial charge on any atom is -0.496 e. The van der Waals surface area contributed by atoms with E-state index in [1.807, 2.05) is 6.07 Å². The molecule has 0 spiro atoms. The molecule has 3 aromatic rings. The van der Waals surface area contributed by atoms with Gasteiger partial charge in [0.1, 0.15) is 22.9 Å². The highest BCUT2D eigenvalue weighted by Crippen LogP contribution is 2.28. The van der Waals surface area contributed by atoms with Gasteiger partial charge in [-0.25, -0.2) is 5.43 Å². The van der Waals surface area contributed by atoms with Crippen molar-refractivity contribution in [2.24, 2.45) is 5.10 Å². The molecule has 12 heteroatoms. The number of methoxy groups -OCH3 is 1. The quantitative estimate of drug-likeness (QED) is 0.159. The number of amides is 1. The molecule has 1 amide bonds. The Bertz CT molecular complexity index is 1290. The predicted molar refractivity (Wildman–Crippen MR) is 137 cm³/mol. The molecule has 2 aromatic carbocycles. The summed E-state index contributed by atoms with van der Waals surface area (Å²) in [6.07, 6.45) is 2.20. The highest BCUT2D eigenvalue weighted by molar-refractivity contribution is 6.35. The highest BCUT2D eigenvalue weighted by Gasteiger charge is 2.22. The molecule has 0 aliphatic carbocycles. The number of nitro groups is 1. The van der Waals surface area contributed by atoms with Crippen LogP contribution < -0.4 is 14.9 Å².